The molecule has 2 aromatic rings. The van der Waals surface area contributed by atoms with Crippen LogP contribution in [0.3, 0.4) is 0 Å². The zero-order valence-corrected chi connectivity index (χ0v) is 16.3. The van der Waals surface area contributed by atoms with E-state index in [1.807, 2.05) is 30.3 Å². The highest BCUT2D eigenvalue weighted by molar-refractivity contribution is 9.10. The predicted octanol–water partition coefficient (Wildman–Crippen LogP) is 2.83. The highest BCUT2D eigenvalue weighted by Gasteiger charge is 2.17. The first-order valence-electron chi connectivity index (χ1n) is 7.66. The minimum absolute atomic E-state index is 0.161. The zero-order chi connectivity index (χ0) is 18.3. The summed E-state index contributed by atoms with van der Waals surface area (Å²) >= 11 is 3.30. The summed E-state index contributed by atoms with van der Waals surface area (Å²) in [6.07, 6.45) is 0. The Morgan fingerprint density at radius 1 is 1.08 bits per heavy atom. The van der Waals surface area contributed by atoms with Gasteiger partial charge in [0.1, 0.15) is 5.75 Å². The molecule has 25 heavy (non-hydrogen) atoms. The van der Waals surface area contributed by atoms with Crippen molar-refractivity contribution < 1.29 is 17.9 Å². The van der Waals surface area contributed by atoms with Crippen LogP contribution in [-0.4, -0.2) is 27.2 Å². The number of amides is 1. The van der Waals surface area contributed by atoms with Gasteiger partial charge in [0.15, 0.2) is 9.84 Å². The van der Waals surface area contributed by atoms with Gasteiger partial charge in [0, 0.05) is 18.1 Å². The average molecular weight is 426 g/mol. The van der Waals surface area contributed by atoms with E-state index in [0.29, 0.717) is 18.7 Å². The molecule has 0 atom stereocenters. The van der Waals surface area contributed by atoms with E-state index in [-0.39, 0.29) is 5.75 Å². The first-order chi connectivity index (χ1) is 11.9. The van der Waals surface area contributed by atoms with Gasteiger partial charge < -0.3 is 10.1 Å². The van der Waals surface area contributed by atoms with E-state index in [0.717, 1.165) is 15.6 Å². The van der Waals surface area contributed by atoms with Crippen LogP contribution in [0, 0.1) is 0 Å². The lowest BCUT2D eigenvalue weighted by molar-refractivity contribution is -0.118. The molecule has 0 radical (unpaired) electrons. The molecule has 0 aliphatic rings. The molecule has 1 amide bonds. The van der Waals surface area contributed by atoms with Crippen LogP contribution < -0.4 is 5.32 Å². The number of rotatable bonds is 8. The fourth-order valence-electron chi connectivity index (χ4n) is 2.30. The van der Waals surface area contributed by atoms with E-state index < -0.39 is 21.5 Å². The molecule has 0 unspecified atom stereocenters. The van der Waals surface area contributed by atoms with Crippen molar-refractivity contribution in [3.63, 3.8) is 0 Å². The third-order valence-corrected chi connectivity index (χ3v) is 5.42. The van der Waals surface area contributed by atoms with Crippen molar-refractivity contribution in [2.24, 2.45) is 0 Å². The number of nitrogens with one attached hydrogen (secondary N) is 1. The van der Waals surface area contributed by atoms with Gasteiger partial charge in [-0.1, -0.05) is 52.3 Å². The molecule has 0 spiro atoms. The number of hydrogen-bond donors (Lipinski definition) is 1. The lowest BCUT2D eigenvalue weighted by Crippen LogP contribution is -2.30. The number of hydrogen-bond acceptors (Lipinski definition) is 4. The number of sulfone groups is 1. The summed E-state index contributed by atoms with van der Waals surface area (Å²) in [5.41, 5.74) is 2.59. The predicted molar refractivity (Wildman–Crippen MR) is 101 cm³/mol. The molecule has 0 aliphatic carbocycles. The summed E-state index contributed by atoms with van der Waals surface area (Å²) in [6.45, 7) is 0.818. The molecule has 1 N–H and O–H groups in total. The Hall–Kier alpha value is -1.70. The maximum atomic E-state index is 12.2. The Labute approximate surface area is 156 Å². The van der Waals surface area contributed by atoms with Crippen LogP contribution in [0.25, 0.3) is 0 Å². The number of methoxy groups -OCH3 is 1. The summed E-state index contributed by atoms with van der Waals surface area (Å²) in [6, 6.07) is 14.6. The van der Waals surface area contributed by atoms with Gasteiger partial charge in [0.25, 0.3) is 0 Å². The van der Waals surface area contributed by atoms with Gasteiger partial charge in [-0.2, -0.15) is 0 Å². The third-order valence-electron chi connectivity index (χ3n) is 3.45. The molecule has 0 heterocycles. The van der Waals surface area contributed by atoms with Crippen LogP contribution in [0.4, 0.5) is 0 Å². The molecule has 2 rings (SSSR count). The number of carbonyl (C=O) groups is 1. The van der Waals surface area contributed by atoms with E-state index in [9.17, 15) is 13.2 Å². The summed E-state index contributed by atoms with van der Waals surface area (Å²) in [5, 5.41) is 2.65. The van der Waals surface area contributed by atoms with Crippen LogP contribution >= 0.6 is 15.9 Å². The Bertz CT molecular complexity index is 819. The lowest BCUT2D eigenvalue weighted by Gasteiger charge is -2.08. The lowest BCUT2D eigenvalue weighted by atomic mass is 10.1. The Kier molecular flexibility index (Phi) is 7.16. The molecular weight excluding hydrogens is 406 g/mol. The van der Waals surface area contributed by atoms with Crippen LogP contribution in [0.1, 0.15) is 16.7 Å². The smallest absolute Gasteiger partial charge is 0.235 e. The van der Waals surface area contributed by atoms with Crippen molar-refractivity contribution in [2.75, 3.05) is 12.9 Å². The number of benzene rings is 2. The summed E-state index contributed by atoms with van der Waals surface area (Å²) in [5.74, 6) is -1.19. The van der Waals surface area contributed by atoms with Crippen molar-refractivity contribution in [3.8, 4) is 0 Å². The van der Waals surface area contributed by atoms with Crippen LogP contribution in [-0.2, 0) is 38.3 Å². The van der Waals surface area contributed by atoms with Gasteiger partial charge in [-0.15, -0.1) is 0 Å². The molecule has 0 aromatic heterocycles. The third kappa shape index (κ3) is 6.97. The second-order valence-electron chi connectivity index (χ2n) is 5.69. The standard InChI is InChI=1S/C18H20BrNO4S/c1-24-11-15-7-5-14(6-8-15)10-20-18(21)13-25(22,23)12-16-3-2-4-17(19)9-16/h2-9H,10-13H2,1H3,(H,20,21). The monoisotopic (exact) mass is 425 g/mol. The second kappa shape index (κ2) is 9.12. The molecule has 0 fully saturated rings. The van der Waals surface area contributed by atoms with Crippen molar-refractivity contribution in [1.29, 1.82) is 0 Å². The van der Waals surface area contributed by atoms with E-state index in [4.69, 9.17) is 4.74 Å². The first kappa shape index (κ1) is 19.6. The van der Waals surface area contributed by atoms with Gasteiger partial charge in [0.05, 0.1) is 12.4 Å². The van der Waals surface area contributed by atoms with Gasteiger partial charge >= 0.3 is 0 Å². The summed E-state index contributed by atoms with van der Waals surface area (Å²) in [4.78, 5) is 11.9. The van der Waals surface area contributed by atoms with Crippen molar-refractivity contribution in [1.82, 2.24) is 5.32 Å². The molecule has 134 valence electrons. The van der Waals surface area contributed by atoms with E-state index in [1.54, 1.807) is 25.3 Å². The largest absolute Gasteiger partial charge is 0.380 e. The van der Waals surface area contributed by atoms with Crippen LogP contribution in [0.15, 0.2) is 53.0 Å². The van der Waals surface area contributed by atoms with E-state index >= 15 is 0 Å². The SMILES string of the molecule is COCc1ccc(CNC(=O)CS(=O)(=O)Cc2cccc(Br)c2)cc1. The number of carbonyl (C=O) groups excluding carboxylic acids is 1. The van der Waals surface area contributed by atoms with Gasteiger partial charge in [-0.05, 0) is 28.8 Å². The average Bonchev–Trinajstić information content (AvgIpc) is 2.53. The van der Waals surface area contributed by atoms with Gasteiger partial charge in [-0.3, -0.25) is 4.79 Å². The molecule has 0 bridgehead atoms. The fraction of sp³-hybridized carbons (Fsp3) is 0.278. The molecule has 7 heteroatoms. The molecule has 0 saturated heterocycles. The minimum atomic E-state index is -3.52. The Morgan fingerprint density at radius 2 is 1.76 bits per heavy atom. The maximum Gasteiger partial charge on any atom is 0.235 e. The first-order valence-corrected chi connectivity index (χ1v) is 10.3. The van der Waals surface area contributed by atoms with Crippen molar-refractivity contribution in [2.45, 2.75) is 18.9 Å². The van der Waals surface area contributed by atoms with E-state index in [2.05, 4.69) is 21.2 Å². The van der Waals surface area contributed by atoms with Crippen molar-refractivity contribution in [3.05, 3.63) is 69.7 Å². The molecule has 0 saturated carbocycles. The molecule has 0 aliphatic heterocycles. The maximum absolute atomic E-state index is 12.2. The second-order valence-corrected chi connectivity index (χ2v) is 8.67. The fourth-order valence-corrected chi connectivity index (χ4v) is 4.04. The molecule has 2 aromatic carbocycles. The van der Waals surface area contributed by atoms with Crippen molar-refractivity contribution >= 4 is 31.7 Å². The minimum Gasteiger partial charge on any atom is -0.380 e. The quantitative estimate of drug-likeness (QED) is 0.705. The highest BCUT2D eigenvalue weighted by atomic mass is 79.9. The van der Waals surface area contributed by atoms with Gasteiger partial charge in [-0.25, -0.2) is 8.42 Å². The molecule has 5 nitrogen and oxygen atoms in total. The topological polar surface area (TPSA) is 72.5 Å². The Balaban J connectivity index is 1.86. The number of ether oxygens (including phenoxy) is 1. The van der Waals surface area contributed by atoms with Gasteiger partial charge in [0.2, 0.25) is 5.91 Å². The normalized spacial score (nSPS) is 11.3. The summed E-state index contributed by atoms with van der Waals surface area (Å²) in [7, 11) is -1.89. The zero-order valence-electron chi connectivity index (χ0n) is 13.9. The number of halogens is 1. The van der Waals surface area contributed by atoms with Crippen LogP contribution in [0.5, 0.6) is 0 Å². The van der Waals surface area contributed by atoms with Crippen LogP contribution in [0.2, 0.25) is 0 Å². The van der Waals surface area contributed by atoms with E-state index in [1.165, 1.54) is 0 Å². The molecular formula is C18H20BrNO4S. The summed E-state index contributed by atoms with van der Waals surface area (Å²) < 4.78 is 30.2. The highest BCUT2D eigenvalue weighted by Crippen LogP contribution is 2.14. The Morgan fingerprint density at radius 3 is 2.40 bits per heavy atom.